The van der Waals surface area contributed by atoms with Crippen LogP contribution in [0.4, 0.5) is 14.7 Å². The van der Waals surface area contributed by atoms with Crippen molar-refractivity contribution in [2.24, 2.45) is 0 Å². The standard InChI is InChI=1S/C12H11F2N3/c1-6-3-4-8(13)10(11(6)14)9-5-7(2)16-12(15)17-9/h3-5H,1-2H3,(H2,15,16,17). The molecule has 0 radical (unpaired) electrons. The van der Waals surface area contributed by atoms with Gasteiger partial charge in [0.2, 0.25) is 5.95 Å². The molecule has 2 aromatic rings. The molecule has 0 aliphatic heterocycles. The largest absolute Gasteiger partial charge is 0.368 e. The van der Waals surface area contributed by atoms with Gasteiger partial charge in [-0.05, 0) is 31.5 Å². The number of halogens is 2. The van der Waals surface area contributed by atoms with Crippen molar-refractivity contribution in [1.82, 2.24) is 9.97 Å². The second-order valence-electron chi connectivity index (χ2n) is 3.81. The lowest BCUT2D eigenvalue weighted by molar-refractivity contribution is 0.583. The lowest BCUT2D eigenvalue weighted by atomic mass is 10.1. The SMILES string of the molecule is Cc1cc(-c2c(F)ccc(C)c2F)nc(N)n1. The minimum atomic E-state index is -0.661. The predicted molar refractivity (Wildman–Crippen MR) is 61.3 cm³/mol. The van der Waals surface area contributed by atoms with Crippen LogP contribution < -0.4 is 5.73 Å². The molecule has 3 nitrogen and oxygen atoms in total. The van der Waals surface area contributed by atoms with Crippen LogP contribution in [0.2, 0.25) is 0 Å². The summed E-state index contributed by atoms with van der Waals surface area (Å²) in [5.41, 5.74) is 6.38. The third-order valence-corrected chi connectivity index (χ3v) is 2.41. The molecule has 1 heterocycles. The van der Waals surface area contributed by atoms with E-state index < -0.39 is 11.6 Å². The molecule has 5 heteroatoms. The summed E-state index contributed by atoms with van der Waals surface area (Å²) in [6.07, 6.45) is 0. The van der Waals surface area contributed by atoms with Gasteiger partial charge in [0.15, 0.2) is 0 Å². The highest BCUT2D eigenvalue weighted by Crippen LogP contribution is 2.27. The van der Waals surface area contributed by atoms with E-state index in [0.717, 1.165) is 0 Å². The van der Waals surface area contributed by atoms with Crippen LogP contribution in [-0.4, -0.2) is 9.97 Å². The van der Waals surface area contributed by atoms with Crippen LogP contribution in [0, 0.1) is 25.5 Å². The Morgan fingerprint density at radius 1 is 1.12 bits per heavy atom. The molecule has 1 aromatic heterocycles. The minimum absolute atomic E-state index is 0.000283. The maximum absolute atomic E-state index is 13.9. The average Bonchev–Trinajstić information content (AvgIpc) is 2.23. The molecule has 0 saturated heterocycles. The van der Waals surface area contributed by atoms with Crippen LogP contribution in [0.3, 0.4) is 0 Å². The number of nitrogens with two attached hydrogens (primary N) is 1. The van der Waals surface area contributed by atoms with Gasteiger partial charge in [0, 0.05) is 5.69 Å². The highest BCUT2D eigenvalue weighted by Gasteiger charge is 2.15. The number of rotatable bonds is 1. The summed E-state index contributed by atoms with van der Waals surface area (Å²) in [5, 5.41) is 0. The van der Waals surface area contributed by atoms with E-state index in [1.165, 1.54) is 18.2 Å². The molecule has 0 aliphatic rings. The van der Waals surface area contributed by atoms with Crippen LogP contribution in [-0.2, 0) is 0 Å². The molecule has 17 heavy (non-hydrogen) atoms. The van der Waals surface area contributed by atoms with Crippen molar-refractivity contribution in [3.8, 4) is 11.3 Å². The lowest BCUT2D eigenvalue weighted by Crippen LogP contribution is -2.01. The summed E-state index contributed by atoms with van der Waals surface area (Å²) >= 11 is 0. The van der Waals surface area contributed by atoms with Crippen LogP contribution in [0.15, 0.2) is 18.2 Å². The van der Waals surface area contributed by atoms with Crippen LogP contribution in [0.5, 0.6) is 0 Å². The van der Waals surface area contributed by atoms with Crippen molar-refractivity contribution in [2.45, 2.75) is 13.8 Å². The molecule has 0 bridgehead atoms. The fraction of sp³-hybridized carbons (Fsp3) is 0.167. The molecule has 2 N–H and O–H groups in total. The van der Waals surface area contributed by atoms with Gasteiger partial charge < -0.3 is 5.73 Å². The summed E-state index contributed by atoms with van der Waals surface area (Å²) in [5.74, 6) is -1.28. The van der Waals surface area contributed by atoms with E-state index >= 15 is 0 Å². The van der Waals surface area contributed by atoms with Gasteiger partial charge in [-0.25, -0.2) is 18.7 Å². The van der Waals surface area contributed by atoms with Gasteiger partial charge in [0.25, 0.3) is 0 Å². The number of anilines is 1. The molecule has 0 amide bonds. The zero-order valence-electron chi connectivity index (χ0n) is 9.46. The van der Waals surface area contributed by atoms with Gasteiger partial charge in [-0.15, -0.1) is 0 Å². The molecule has 0 aliphatic carbocycles. The summed E-state index contributed by atoms with van der Waals surface area (Å²) in [7, 11) is 0. The van der Waals surface area contributed by atoms with E-state index in [1.807, 2.05) is 0 Å². The summed E-state index contributed by atoms with van der Waals surface area (Å²) in [6, 6.07) is 4.09. The Bertz CT molecular complexity index is 562. The smallest absolute Gasteiger partial charge is 0.220 e. The van der Waals surface area contributed by atoms with Gasteiger partial charge in [-0.1, -0.05) is 6.07 Å². The zero-order chi connectivity index (χ0) is 12.6. The first kappa shape index (κ1) is 11.4. The number of aromatic nitrogens is 2. The highest BCUT2D eigenvalue weighted by atomic mass is 19.1. The number of benzene rings is 1. The molecule has 0 fully saturated rings. The van der Waals surface area contributed by atoms with E-state index in [1.54, 1.807) is 13.8 Å². The van der Waals surface area contributed by atoms with Crippen molar-refractivity contribution in [1.29, 1.82) is 0 Å². The normalized spacial score (nSPS) is 10.6. The Kier molecular flexibility index (Phi) is 2.75. The summed E-state index contributed by atoms with van der Waals surface area (Å²) < 4.78 is 27.5. The predicted octanol–water partition coefficient (Wildman–Crippen LogP) is 2.62. The number of hydrogen-bond acceptors (Lipinski definition) is 3. The molecular formula is C12H11F2N3. The molecule has 1 aromatic carbocycles. The first-order valence-electron chi connectivity index (χ1n) is 5.05. The fourth-order valence-corrected chi connectivity index (χ4v) is 1.61. The average molecular weight is 235 g/mol. The fourth-order valence-electron chi connectivity index (χ4n) is 1.61. The van der Waals surface area contributed by atoms with Crippen LogP contribution in [0.1, 0.15) is 11.3 Å². The Labute approximate surface area is 97.3 Å². The Morgan fingerprint density at radius 3 is 2.47 bits per heavy atom. The van der Waals surface area contributed by atoms with Crippen molar-refractivity contribution < 1.29 is 8.78 Å². The Morgan fingerprint density at radius 2 is 1.82 bits per heavy atom. The topological polar surface area (TPSA) is 51.8 Å². The quantitative estimate of drug-likeness (QED) is 0.826. The zero-order valence-corrected chi connectivity index (χ0v) is 9.46. The number of aryl methyl sites for hydroxylation is 2. The number of hydrogen-bond donors (Lipinski definition) is 1. The van der Waals surface area contributed by atoms with Crippen LogP contribution in [0.25, 0.3) is 11.3 Å². The van der Waals surface area contributed by atoms with Crippen LogP contribution >= 0.6 is 0 Å². The summed E-state index contributed by atoms with van der Waals surface area (Å²) in [6.45, 7) is 3.25. The first-order chi connectivity index (χ1) is 7.99. The highest BCUT2D eigenvalue weighted by molar-refractivity contribution is 5.63. The molecular weight excluding hydrogens is 224 g/mol. The van der Waals surface area contributed by atoms with Crippen molar-refractivity contribution in [3.05, 3.63) is 41.1 Å². The molecule has 2 rings (SSSR count). The monoisotopic (exact) mass is 235 g/mol. The molecule has 0 spiro atoms. The molecule has 0 unspecified atom stereocenters. The van der Waals surface area contributed by atoms with E-state index in [9.17, 15) is 8.78 Å². The molecule has 0 atom stereocenters. The van der Waals surface area contributed by atoms with Gasteiger partial charge in [0.1, 0.15) is 11.6 Å². The van der Waals surface area contributed by atoms with Crippen molar-refractivity contribution >= 4 is 5.95 Å². The van der Waals surface area contributed by atoms with Gasteiger partial charge >= 0.3 is 0 Å². The van der Waals surface area contributed by atoms with E-state index in [2.05, 4.69) is 9.97 Å². The van der Waals surface area contributed by atoms with E-state index in [4.69, 9.17) is 5.73 Å². The van der Waals surface area contributed by atoms with E-state index in [0.29, 0.717) is 11.3 Å². The number of nitrogen functional groups attached to an aromatic ring is 1. The maximum atomic E-state index is 13.9. The Hall–Kier alpha value is -2.04. The lowest BCUT2D eigenvalue weighted by Gasteiger charge is -2.07. The Balaban J connectivity index is 2.72. The number of nitrogens with zero attached hydrogens (tertiary/aromatic N) is 2. The first-order valence-corrected chi connectivity index (χ1v) is 5.05. The van der Waals surface area contributed by atoms with Gasteiger partial charge in [-0.2, -0.15) is 0 Å². The van der Waals surface area contributed by atoms with Crippen molar-refractivity contribution in [2.75, 3.05) is 5.73 Å². The molecule has 0 saturated carbocycles. The third-order valence-electron chi connectivity index (χ3n) is 2.41. The summed E-state index contributed by atoms with van der Waals surface area (Å²) in [4.78, 5) is 7.72. The third kappa shape index (κ3) is 2.08. The van der Waals surface area contributed by atoms with Gasteiger partial charge in [0.05, 0.1) is 11.3 Å². The second-order valence-corrected chi connectivity index (χ2v) is 3.81. The minimum Gasteiger partial charge on any atom is -0.368 e. The van der Waals surface area contributed by atoms with Crippen molar-refractivity contribution in [3.63, 3.8) is 0 Å². The second kappa shape index (κ2) is 4.08. The van der Waals surface area contributed by atoms with E-state index in [-0.39, 0.29) is 17.2 Å². The molecule has 88 valence electrons. The maximum Gasteiger partial charge on any atom is 0.220 e. The van der Waals surface area contributed by atoms with Gasteiger partial charge in [-0.3, -0.25) is 0 Å².